The number of para-hydroxylation sites is 1. The van der Waals surface area contributed by atoms with Crippen molar-refractivity contribution in [2.75, 3.05) is 29.9 Å². The minimum atomic E-state index is -1.68. The van der Waals surface area contributed by atoms with Crippen molar-refractivity contribution in [2.45, 2.75) is 81.7 Å². The van der Waals surface area contributed by atoms with Crippen molar-refractivity contribution in [3.8, 4) is 0 Å². The lowest BCUT2D eigenvalue weighted by Gasteiger charge is -2.57. The van der Waals surface area contributed by atoms with Crippen molar-refractivity contribution in [2.24, 2.45) is 0 Å². The van der Waals surface area contributed by atoms with Crippen LogP contribution in [0.5, 0.6) is 0 Å². The van der Waals surface area contributed by atoms with Crippen LogP contribution < -0.4 is 9.80 Å². The highest BCUT2D eigenvalue weighted by atomic mass is 79.9. The van der Waals surface area contributed by atoms with E-state index in [2.05, 4.69) is 15.9 Å². The highest BCUT2D eigenvalue weighted by Gasteiger charge is 2.74. The number of hydrogen-bond donors (Lipinski definition) is 0. The summed E-state index contributed by atoms with van der Waals surface area (Å²) in [4.78, 5) is 62.5. The van der Waals surface area contributed by atoms with E-state index in [0.717, 1.165) is 11.3 Å². The molecule has 0 aromatic heterocycles. The SMILES string of the molecule is CN1c2ccccc2[C@@]2(CCN3C(=O)c4ccccc4C3=O)[C@@H]1N(C(=O)OC(C)(C)C)c1cc(Br)ccc1[C@@]21CCN([S@@](=O)C(C)(C)C)C1=O. The van der Waals surface area contributed by atoms with E-state index >= 15 is 4.79 Å². The third kappa shape index (κ3) is 4.73. The molecule has 4 atom stereocenters. The molecular formula is C38H41BrN4O6S. The van der Waals surface area contributed by atoms with Gasteiger partial charge in [-0.3, -0.25) is 28.5 Å². The van der Waals surface area contributed by atoms with E-state index < -0.39 is 56.2 Å². The van der Waals surface area contributed by atoms with Gasteiger partial charge in [-0.1, -0.05) is 52.3 Å². The van der Waals surface area contributed by atoms with Gasteiger partial charge in [-0.15, -0.1) is 0 Å². The van der Waals surface area contributed by atoms with E-state index in [1.54, 1.807) is 49.9 Å². The molecule has 4 amide bonds. The van der Waals surface area contributed by atoms with Crippen LogP contribution in [0.2, 0.25) is 0 Å². The molecule has 12 heteroatoms. The fourth-order valence-corrected chi connectivity index (χ4v) is 10.2. The Balaban J connectivity index is 1.51. The molecule has 0 radical (unpaired) electrons. The summed E-state index contributed by atoms with van der Waals surface area (Å²) in [6.45, 7) is 11.2. The zero-order chi connectivity index (χ0) is 36.1. The summed E-state index contributed by atoms with van der Waals surface area (Å²) in [5.74, 6) is -1.11. The standard InChI is InChI=1S/C38H41BrN4O6S/c1-35(2,3)49-34(47)43-29-22-23(39)16-17-27(29)38(19-21-42(33(38)46)50(48)36(4,5)6)37(26-14-10-11-15-28(26)40(7)32(37)43)18-20-41-30(44)24-12-8-9-13-25(24)31(41)45/h8-17,22,32H,18-21H2,1-7H3/t32-,37-,38+,50-/m0/s1. The van der Waals surface area contributed by atoms with E-state index in [9.17, 15) is 18.6 Å². The molecule has 3 aromatic rings. The zero-order valence-electron chi connectivity index (χ0n) is 29.3. The molecule has 0 saturated carbocycles. The quantitative estimate of drug-likeness (QED) is 0.278. The van der Waals surface area contributed by atoms with Crippen molar-refractivity contribution in [1.82, 2.24) is 9.21 Å². The molecule has 7 rings (SSSR count). The van der Waals surface area contributed by atoms with Crippen LogP contribution in [0.15, 0.2) is 71.2 Å². The summed E-state index contributed by atoms with van der Waals surface area (Å²) in [5.41, 5.74) is -0.00185. The number of hydrogen-bond acceptors (Lipinski definition) is 7. The van der Waals surface area contributed by atoms with Crippen LogP contribution >= 0.6 is 15.9 Å². The lowest BCUT2D eigenvalue weighted by Crippen LogP contribution is -2.71. The summed E-state index contributed by atoms with van der Waals surface area (Å²) in [5, 5.41) is 0. The van der Waals surface area contributed by atoms with Crippen LogP contribution in [0.4, 0.5) is 16.2 Å². The highest BCUT2D eigenvalue weighted by molar-refractivity contribution is 9.10. The Morgan fingerprint density at radius 2 is 1.52 bits per heavy atom. The Bertz CT molecular complexity index is 1970. The summed E-state index contributed by atoms with van der Waals surface area (Å²) in [6.07, 6.45) is -0.979. The Morgan fingerprint density at radius 3 is 2.14 bits per heavy atom. The maximum Gasteiger partial charge on any atom is 0.416 e. The molecule has 262 valence electrons. The van der Waals surface area contributed by atoms with E-state index in [1.165, 1.54) is 9.21 Å². The molecule has 4 aliphatic heterocycles. The first-order valence-electron chi connectivity index (χ1n) is 16.8. The second-order valence-corrected chi connectivity index (χ2v) is 18.5. The first kappa shape index (κ1) is 34.4. The van der Waals surface area contributed by atoms with Crippen LogP contribution in [0.25, 0.3) is 0 Å². The van der Waals surface area contributed by atoms with E-state index in [-0.39, 0.29) is 25.4 Å². The Kier molecular flexibility index (Phi) is 7.91. The minimum Gasteiger partial charge on any atom is -0.443 e. The van der Waals surface area contributed by atoms with Gasteiger partial charge < -0.3 is 9.64 Å². The van der Waals surface area contributed by atoms with Gasteiger partial charge in [0.2, 0.25) is 5.91 Å². The van der Waals surface area contributed by atoms with E-state index in [4.69, 9.17) is 4.74 Å². The number of anilines is 2. The predicted octanol–water partition coefficient (Wildman–Crippen LogP) is 6.54. The number of ether oxygens (including phenoxy) is 1. The first-order chi connectivity index (χ1) is 23.5. The van der Waals surface area contributed by atoms with E-state index in [1.807, 2.05) is 75.2 Å². The van der Waals surface area contributed by atoms with Crippen molar-refractivity contribution in [3.63, 3.8) is 0 Å². The fraction of sp³-hybridized carbons (Fsp3) is 0.421. The average molecular weight is 762 g/mol. The molecule has 4 heterocycles. The molecule has 1 saturated heterocycles. The maximum absolute atomic E-state index is 15.5. The normalized spacial score (nSPS) is 24.8. The first-order valence-corrected chi connectivity index (χ1v) is 18.7. The number of fused-ring (bicyclic) bond motifs is 7. The topological polar surface area (TPSA) is 108 Å². The van der Waals surface area contributed by atoms with Crippen molar-refractivity contribution < 1.29 is 28.1 Å². The van der Waals surface area contributed by atoms with Gasteiger partial charge in [0.05, 0.1) is 32.4 Å². The third-order valence-corrected chi connectivity index (χ3v) is 12.8. The third-order valence-electron chi connectivity index (χ3n) is 10.5. The maximum atomic E-state index is 15.5. The van der Waals surface area contributed by atoms with Crippen molar-refractivity contribution in [3.05, 3.63) is 93.5 Å². The molecule has 1 spiro atoms. The van der Waals surface area contributed by atoms with Gasteiger partial charge in [-0.2, -0.15) is 0 Å². The molecule has 0 aliphatic carbocycles. The molecular weight excluding hydrogens is 720 g/mol. The Hall–Kier alpha value is -4.03. The average Bonchev–Trinajstić information content (AvgIpc) is 3.61. The monoisotopic (exact) mass is 760 g/mol. The number of halogens is 1. The van der Waals surface area contributed by atoms with Gasteiger partial charge in [-0.05, 0) is 95.8 Å². The summed E-state index contributed by atoms with van der Waals surface area (Å²) in [7, 11) is 0.212. The molecule has 0 unspecified atom stereocenters. The Labute approximate surface area is 303 Å². The van der Waals surface area contributed by atoms with Crippen LogP contribution in [-0.4, -0.2) is 73.9 Å². The second kappa shape index (κ2) is 11.5. The number of carbonyl (C=O) groups excluding carboxylic acids is 4. The van der Waals surface area contributed by atoms with Crippen LogP contribution in [0.3, 0.4) is 0 Å². The molecule has 10 nitrogen and oxygen atoms in total. The Morgan fingerprint density at radius 1 is 0.900 bits per heavy atom. The lowest BCUT2D eigenvalue weighted by atomic mass is 9.51. The number of carbonyl (C=O) groups is 4. The van der Waals surface area contributed by atoms with E-state index in [0.29, 0.717) is 33.3 Å². The number of rotatable bonds is 4. The molecule has 50 heavy (non-hydrogen) atoms. The van der Waals surface area contributed by atoms with Gasteiger partial charge >= 0.3 is 6.09 Å². The predicted molar refractivity (Wildman–Crippen MR) is 195 cm³/mol. The number of amides is 4. The number of likely N-dealkylation sites (N-methyl/N-ethyl adjacent to an activating group) is 1. The lowest BCUT2D eigenvalue weighted by molar-refractivity contribution is -0.132. The van der Waals surface area contributed by atoms with Gasteiger partial charge in [0.15, 0.2) is 0 Å². The number of nitrogens with zero attached hydrogens (tertiary/aromatic N) is 4. The summed E-state index contributed by atoms with van der Waals surface area (Å²) < 4.78 is 21.7. The molecule has 0 bridgehead atoms. The van der Waals surface area contributed by atoms with Gasteiger partial charge in [-0.25, -0.2) is 9.00 Å². The smallest absolute Gasteiger partial charge is 0.416 e. The molecule has 4 aliphatic rings. The molecule has 0 N–H and O–H groups in total. The summed E-state index contributed by atoms with van der Waals surface area (Å²) in [6, 6.07) is 20.1. The fourth-order valence-electron chi connectivity index (χ4n) is 8.60. The van der Waals surface area contributed by atoms with Gasteiger partial charge in [0.1, 0.15) is 22.8 Å². The second-order valence-electron chi connectivity index (χ2n) is 15.5. The number of benzene rings is 3. The largest absolute Gasteiger partial charge is 0.443 e. The number of imide groups is 1. The molecule has 1 fully saturated rings. The van der Waals surface area contributed by atoms with Crippen molar-refractivity contribution in [1.29, 1.82) is 0 Å². The highest BCUT2D eigenvalue weighted by Crippen LogP contribution is 2.66. The van der Waals surface area contributed by atoms with Crippen LogP contribution in [-0.2, 0) is 31.3 Å². The summed E-state index contributed by atoms with van der Waals surface area (Å²) >= 11 is 3.62. The van der Waals surface area contributed by atoms with Crippen LogP contribution in [0, 0.1) is 0 Å². The van der Waals surface area contributed by atoms with Crippen molar-refractivity contribution >= 4 is 62.1 Å². The minimum absolute atomic E-state index is 0.0174. The zero-order valence-corrected chi connectivity index (χ0v) is 31.7. The van der Waals surface area contributed by atoms with Gasteiger partial charge in [0.25, 0.3) is 11.8 Å². The van der Waals surface area contributed by atoms with Gasteiger partial charge in [0, 0.05) is 30.3 Å². The molecule has 3 aromatic carbocycles. The van der Waals surface area contributed by atoms with Crippen LogP contribution in [0.1, 0.15) is 86.2 Å².